The molecule has 0 rings (SSSR count). The first-order valence-electron chi connectivity index (χ1n) is 27.7. The molecule has 0 aliphatic carbocycles. The van der Waals surface area contributed by atoms with Gasteiger partial charge < -0.3 is 28.8 Å². The highest BCUT2D eigenvalue weighted by Gasteiger charge is 2.23. The lowest BCUT2D eigenvalue weighted by molar-refractivity contribution is -0.870. The number of hydrogen-bond acceptors (Lipinski definition) is 6. The van der Waals surface area contributed by atoms with Gasteiger partial charge in [0.1, 0.15) is 13.2 Å². The molecule has 71 heavy (non-hydrogen) atoms. The molecule has 3 unspecified atom stereocenters. The zero-order chi connectivity index (χ0) is 52.0. The van der Waals surface area contributed by atoms with Crippen LogP contribution in [-0.4, -0.2) is 68.5 Å². The molecule has 2 N–H and O–H groups in total. The third-order valence-corrected chi connectivity index (χ3v) is 12.2. The van der Waals surface area contributed by atoms with Gasteiger partial charge in [-0.15, -0.1) is 0 Å². The van der Waals surface area contributed by atoms with Crippen LogP contribution in [0, 0.1) is 0 Å². The van der Waals surface area contributed by atoms with Crippen LogP contribution in [0.1, 0.15) is 187 Å². The maximum absolute atomic E-state index is 12.9. The van der Waals surface area contributed by atoms with E-state index in [0.717, 1.165) is 122 Å². The van der Waals surface area contributed by atoms with E-state index in [-0.39, 0.29) is 12.5 Å². The van der Waals surface area contributed by atoms with Gasteiger partial charge in [-0.25, -0.2) is 0 Å². The lowest BCUT2D eigenvalue weighted by Gasteiger charge is -2.29. The Morgan fingerprint density at radius 3 is 1.31 bits per heavy atom. The van der Waals surface area contributed by atoms with E-state index in [2.05, 4.69) is 153 Å². The summed E-state index contributed by atoms with van der Waals surface area (Å²) in [6.45, 7) is 4.44. The number of hydrogen-bond donors (Lipinski definition) is 2. The van der Waals surface area contributed by atoms with Crippen LogP contribution in [0.5, 0.6) is 0 Å². The van der Waals surface area contributed by atoms with Crippen molar-refractivity contribution in [2.45, 2.75) is 199 Å². The van der Waals surface area contributed by atoms with Crippen molar-refractivity contribution in [1.29, 1.82) is 0 Å². The lowest BCUT2D eigenvalue weighted by Crippen LogP contribution is -2.45. The number of carbonyl (C=O) groups excluding carboxylic acids is 1. The smallest absolute Gasteiger partial charge is 0.268 e. The van der Waals surface area contributed by atoms with Crippen LogP contribution >= 0.6 is 7.82 Å². The second-order valence-corrected chi connectivity index (χ2v) is 20.6. The third-order valence-electron chi connectivity index (χ3n) is 11.3. The highest BCUT2D eigenvalue weighted by molar-refractivity contribution is 7.45. The normalized spacial score (nSPS) is 15.1. The average molecular weight is 1000 g/mol. The van der Waals surface area contributed by atoms with Gasteiger partial charge in [-0.1, -0.05) is 211 Å². The van der Waals surface area contributed by atoms with E-state index in [1.807, 2.05) is 27.2 Å². The monoisotopic (exact) mass is 1000 g/mol. The Morgan fingerprint density at radius 1 is 0.507 bits per heavy atom. The van der Waals surface area contributed by atoms with Crippen molar-refractivity contribution in [3.05, 3.63) is 146 Å². The lowest BCUT2D eigenvalue weighted by atomic mass is 10.1. The molecular formula is C62H103N2O6P. The Bertz CT molecular complexity index is 1660. The number of phosphoric acid groups is 1. The van der Waals surface area contributed by atoms with Gasteiger partial charge in [-0.2, -0.15) is 0 Å². The first-order valence-corrected chi connectivity index (χ1v) is 29.2. The average Bonchev–Trinajstić information content (AvgIpc) is 3.33. The van der Waals surface area contributed by atoms with Gasteiger partial charge in [-0.3, -0.25) is 9.36 Å². The first-order chi connectivity index (χ1) is 34.5. The van der Waals surface area contributed by atoms with Gasteiger partial charge in [0, 0.05) is 6.42 Å². The summed E-state index contributed by atoms with van der Waals surface area (Å²) in [5, 5.41) is 13.8. The Kier molecular flexibility index (Phi) is 48.7. The Labute approximate surface area is 436 Å². The predicted molar refractivity (Wildman–Crippen MR) is 306 cm³/mol. The van der Waals surface area contributed by atoms with Crippen LogP contribution in [-0.2, 0) is 18.4 Å². The van der Waals surface area contributed by atoms with Gasteiger partial charge in [0.25, 0.3) is 7.82 Å². The van der Waals surface area contributed by atoms with E-state index in [4.69, 9.17) is 9.05 Å². The molecule has 3 atom stereocenters. The number of amides is 1. The molecule has 0 fully saturated rings. The van der Waals surface area contributed by atoms with E-state index in [1.54, 1.807) is 6.08 Å². The molecule has 402 valence electrons. The number of allylic oxidation sites excluding steroid dienone is 23. The Hall–Kier alpha value is -3.62. The SMILES string of the molecule is CC/C=C\C/C=C\C/C=C\C/C=C\C/C=C\C/C=C\C/C=C\C/C=C\C/C=C\CCCCCCCCCC(=O)NC(COP(=O)([O-])OCC[N+](C)(C)C)C(O)/C=C/CC/C=C/CC/C=C/CCCCCC. The minimum Gasteiger partial charge on any atom is -0.756 e. The van der Waals surface area contributed by atoms with Crippen molar-refractivity contribution in [1.82, 2.24) is 5.32 Å². The number of rotatable bonds is 48. The second-order valence-electron chi connectivity index (χ2n) is 19.2. The molecule has 9 heteroatoms. The molecule has 8 nitrogen and oxygen atoms in total. The number of likely N-dealkylation sites (N-methyl/N-ethyl adjacent to an activating group) is 1. The Balaban J connectivity index is 4.26. The predicted octanol–water partition coefficient (Wildman–Crippen LogP) is 16.3. The highest BCUT2D eigenvalue weighted by atomic mass is 31.2. The molecule has 1 amide bonds. The van der Waals surface area contributed by atoms with Crippen molar-refractivity contribution in [3.63, 3.8) is 0 Å². The molecule has 0 aromatic heterocycles. The van der Waals surface area contributed by atoms with Crippen LogP contribution in [0.2, 0.25) is 0 Å². The molecule has 0 spiro atoms. The molecule has 0 aromatic carbocycles. The Morgan fingerprint density at radius 2 is 0.873 bits per heavy atom. The van der Waals surface area contributed by atoms with Crippen LogP contribution in [0.15, 0.2) is 146 Å². The van der Waals surface area contributed by atoms with Crippen LogP contribution in [0.4, 0.5) is 0 Å². The summed E-state index contributed by atoms with van der Waals surface area (Å²) in [5.41, 5.74) is 0. The maximum Gasteiger partial charge on any atom is 0.268 e. The fourth-order valence-electron chi connectivity index (χ4n) is 6.94. The number of carbonyl (C=O) groups is 1. The second kappa shape index (κ2) is 51.3. The summed E-state index contributed by atoms with van der Waals surface area (Å²) in [5.74, 6) is -0.231. The van der Waals surface area contributed by atoms with E-state index in [0.29, 0.717) is 17.4 Å². The van der Waals surface area contributed by atoms with Crippen molar-refractivity contribution in [2.24, 2.45) is 0 Å². The molecule has 0 aliphatic heterocycles. The summed E-state index contributed by atoms with van der Waals surface area (Å²) in [6.07, 6.45) is 79.2. The minimum absolute atomic E-state index is 0.0196. The largest absolute Gasteiger partial charge is 0.756 e. The van der Waals surface area contributed by atoms with Crippen LogP contribution in [0.3, 0.4) is 0 Å². The van der Waals surface area contributed by atoms with Crippen molar-refractivity contribution in [3.8, 4) is 0 Å². The summed E-state index contributed by atoms with van der Waals surface area (Å²) in [6, 6.07) is -0.926. The summed E-state index contributed by atoms with van der Waals surface area (Å²) in [7, 11) is 1.20. The van der Waals surface area contributed by atoms with Gasteiger partial charge in [0.05, 0.1) is 39.9 Å². The summed E-state index contributed by atoms with van der Waals surface area (Å²) in [4.78, 5) is 25.4. The van der Waals surface area contributed by atoms with Crippen LogP contribution < -0.4 is 10.2 Å². The molecule has 0 aliphatic rings. The quantitative estimate of drug-likeness (QED) is 0.0272. The van der Waals surface area contributed by atoms with Gasteiger partial charge >= 0.3 is 0 Å². The number of unbranched alkanes of at least 4 members (excludes halogenated alkanes) is 13. The van der Waals surface area contributed by atoms with Crippen molar-refractivity contribution in [2.75, 3.05) is 40.9 Å². The van der Waals surface area contributed by atoms with Gasteiger partial charge in [-0.05, 0) is 116 Å². The molecule has 0 aromatic rings. The van der Waals surface area contributed by atoms with E-state index in [9.17, 15) is 19.4 Å². The fourth-order valence-corrected chi connectivity index (χ4v) is 7.66. The number of nitrogens with zero attached hydrogens (tertiary/aromatic N) is 1. The molecule has 0 heterocycles. The summed E-state index contributed by atoms with van der Waals surface area (Å²) < 4.78 is 23.2. The number of aliphatic hydroxyl groups excluding tert-OH is 1. The topological polar surface area (TPSA) is 108 Å². The number of quaternary nitrogens is 1. The number of phosphoric ester groups is 1. The zero-order valence-electron chi connectivity index (χ0n) is 45.6. The van der Waals surface area contributed by atoms with Crippen LogP contribution in [0.25, 0.3) is 0 Å². The molecular weight excluding hydrogens is 900 g/mol. The zero-order valence-corrected chi connectivity index (χ0v) is 46.5. The molecule has 0 saturated carbocycles. The fraction of sp³-hybridized carbons (Fsp3) is 0.597. The maximum atomic E-state index is 12.9. The number of nitrogens with one attached hydrogen (secondary N) is 1. The standard InChI is InChI=1S/C62H103N2O6P/c1-6-8-10-12-14-16-18-20-22-23-24-25-26-27-28-29-30-31-32-33-34-35-36-37-38-39-40-41-42-44-46-48-50-52-54-56-62(66)63-60(59-70-71(67,68)69-58-57-64(3,4)5)61(65)55-53-51-49-47-45-43-21-19-17-15-13-11-9-7-2/h8,10,14,16-17,19-20,22,24-25,27-28,30-31,33-34,36-37,39-40,45,47,53,55,60-61,65H,6-7,9,11-13,15,18,21,23,26,29,32,35,38,41-44,46,48-52,54,56-59H2,1-5H3,(H-,63,66,67,68)/b10-8-,16-14-,19-17+,22-20-,25-24-,28-27-,31-30-,34-33-,37-36-,40-39-,47-45+,55-53+. The third kappa shape index (κ3) is 54.0. The number of aliphatic hydroxyl groups is 1. The van der Waals surface area contributed by atoms with Gasteiger partial charge in [0.15, 0.2) is 0 Å². The first kappa shape index (κ1) is 67.4. The molecule has 0 bridgehead atoms. The molecule has 0 radical (unpaired) electrons. The van der Waals surface area contributed by atoms with E-state index in [1.165, 1.54) is 44.9 Å². The van der Waals surface area contributed by atoms with Crippen molar-refractivity contribution < 1.29 is 32.9 Å². The summed E-state index contributed by atoms with van der Waals surface area (Å²) >= 11 is 0. The van der Waals surface area contributed by atoms with E-state index >= 15 is 0 Å². The molecule has 0 saturated heterocycles. The van der Waals surface area contributed by atoms with Crippen molar-refractivity contribution >= 4 is 13.7 Å². The minimum atomic E-state index is -4.62. The highest BCUT2D eigenvalue weighted by Crippen LogP contribution is 2.38. The van der Waals surface area contributed by atoms with E-state index < -0.39 is 26.6 Å². The van der Waals surface area contributed by atoms with Gasteiger partial charge in [0.2, 0.25) is 5.91 Å².